The van der Waals surface area contributed by atoms with Crippen molar-refractivity contribution in [3.05, 3.63) is 111 Å². The van der Waals surface area contributed by atoms with Crippen LogP contribution in [-0.4, -0.2) is 29.7 Å². The van der Waals surface area contributed by atoms with Gasteiger partial charge in [0.05, 0.1) is 6.61 Å². The van der Waals surface area contributed by atoms with Crippen LogP contribution in [0.3, 0.4) is 0 Å². The number of halogens is 4. The molecule has 3 aromatic rings. The van der Waals surface area contributed by atoms with Crippen LogP contribution in [0.15, 0.2) is 65.8 Å². The molecule has 0 bridgehead atoms. The number of carbonyl (C=O) groups excluding carboxylic acids is 1. The lowest BCUT2D eigenvalue weighted by Crippen LogP contribution is -2.33. The highest BCUT2D eigenvalue weighted by atomic mass is 19.1. The molecule has 0 saturated carbocycles. The monoisotopic (exact) mass is 501 g/mol. The number of nitrogens with two attached hydrogens (primary N) is 1. The molecule has 0 radical (unpaired) electrons. The molecule has 11 heteroatoms. The van der Waals surface area contributed by atoms with Crippen molar-refractivity contribution in [1.82, 2.24) is 0 Å². The van der Waals surface area contributed by atoms with Crippen molar-refractivity contribution < 1.29 is 27.5 Å². The Bertz CT molecular complexity index is 1250. The van der Waals surface area contributed by atoms with Crippen molar-refractivity contribution in [2.75, 3.05) is 11.9 Å². The topological polar surface area (TPSA) is 124 Å². The number of nitrogens with zero attached hydrogens (tertiary/aromatic N) is 3. The molecule has 36 heavy (non-hydrogen) atoms. The van der Waals surface area contributed by atoms with Gasteiger partial charge < -0.3 is 16.2 Å². The third kappa shape index (κ3) is 6.60. The summed E-state index contributed by atoms with van der Waals surface area (Å²) >= 11 is 0. The Morgan fingerprint density at radius 2 is 1.67 bits per heavy atom. The highest BCUT2D eigenvalue weighted by molar-refractivity contribution is 5.96. The van der Waals surface area contributed by atoms with Crippen LogP contribution in [-0.2, 0) is 11.2 Å². The van der Waals surface area contributed by atoms with Crippen LogP contribution < -0.4 is 11.1 Å². The standard InChI is InChI=1S/C25H23F4N5O2/c26-16-6-4-14(5-7-16)23(15-10-17(27)12-18(28)11-15)24(33-34-31)25(36)32-22-3-1-2-21(29)20(22)9-8-19(30)13-35/h1-7,10-12,19,23-24,35H,8-9,13,30H2,(H,32,36)/t19-,23?,24?/m0/s1. The Kier molecular flexibility index (Phi) is 9.02. The van der Waals surface area contributed by atoms with Crippen molar-refractivity contribution in [3.63, 3.8) is 0 Å². The minimum atomic E-state index is -1.59. The van der Waals surface area contributed by atoms with E-state index in [9.17, 15) is 27.9 Å². The van der Waals surface area contributed by atoms with E-state index in [1.165, 1.54) is 30.3 Å². The first-order valence-corrected chi connectivity index (χ1v) is 10.9. The summed E-state index contributed by atoms with van der Waals surface area (Å²) in [6.45, 7) is -0.307. The van der Waals surface area contributed by atoms with Gasteiger partial charge in [-0.25, -0.2) is 17.6 Å². The van der Waals surface area contributed by atoms with E-state index in [1.807, 2.05) is 0 Å². The fraction of sp³-hybridized carbons (Fsp3) is 0.240. The molecule has 0 saturated heterocycles. The zero-order valence-electron chi connectivity index (χ0n) is 18.9. The molecular formula is C25H23F4N5O2. The molecule has 1 amide bonds. The quantitative estimate of drug-likeness (QED) is 0.158. The van der Waals surface area contributed by atoms with Gasteiger partial charge in [0.15, 0.2) is 0 Å². The van der Waals surface area contributed by atoms with Crippen LogP contribution in [0.1, 0.15) is 29.0 Å². The molecule has 0 aliphatic rings. The molecule has 7 nitrogen and oxygen atoms in total. The van der Waals surface area contributed by atoms with Gasteiger partial charge in [0.25, 0.3) is 0 Å². The van der Waals surface area contributed by atoms with Crippen LogP contribution in [0, 0.1) is 23.3 Å². The molecular weight excluding hydrogens is 478 g/mol. The number of carbonyl (C=O) groups is 1. The van der Waals surface area contributed by atoms with E-state index < -0.39 is 47.2 Å². The molecule has 2 unspecified atom stereocenters. The van der Waals surface area contributed by atoms with Gasteiger partial charge in [0.2, 0.25) is 5.91 Å². The van der Waals surface area contributed by atoms with Gasteiger partial charge in [-0.15, -0.1) is 0 Å². The van der Waals surface area contributed by atoms with Crippen LogP contribution >= 0.6 is 0 Å². The molecule has 188 valence electrons. The van der Waals surface area contributed by atoms with E-state index in [2.05, 4.69) is 15.3 Å². The first-order chi connectivity index (χ1) is 17.2. The fourth-order valence-electron chi connectivity index (χ4n) is 3.87. The van der Waals surface area contributed by atoms with E-state index in [1.54, 1.807) is 0 Å². The summed E-state index contributed by atoms with van der Waals surface area (Å²) in [7, 11) is 0. The number of hydrogen-bond acceptors (Lipinski definition) is 4. The van der Waals surface area contributed by atoms with Crippen LogP contribution in [0.2, 0.25) is 0 Å². The number of anilines is 1. The summed E-state index contributed by atoms with van der Waals surface area (Å²) < 4.78 is 56.3. The second kappa shape index (κ2) is 12.2. The minimum Gasteiger partial charge on any atom is -0.395 e. The molecule has 3 atom stereocenters. The zero-order chi connectivity index (χ0) is 26.2. The van der Waals surface area contributed by atoms with E-state index in [4.69, 9.17) is 10.8 Å². The Balaban J connectivity index is 2.04. The number of amides is 1. The summed E-state index contributed by atoms with van der Waals surface area (Å²) in [6, 6.07) is 9.21. The molecule has 0 fully saturated rings. The van der Waals surface area contributed by atoms with Crippen molar-refractivity contribution in [2.24, 2.45) is 10.8 Å². The Labute approximate surface area is 204 Å². The zero-order valence-corrected chi connectivity index (χ0v) is 18.9. The number of nitrogens with one attached hydrogen (secondary N) is 1. The SMILES string of the molecule is [N-]=[N+]=NC(C(=O)Nc1cccc(F)c1CC[C@H](N)CO)C(c1ccc(F)cc1)c1cc(F)cc(F)c1. The minimum absolute atomic E-state index is 0.0277. The van der Waals surface area contributed by atoms with Crippen molar-refractivity contribution in [1.29, 1.82) is 0 Å². The fourth-order valence-corrected chi connectivity index (χ4v) is 3.87. The Hall–Kier alpha value is -3.92. The van der Waals surface area contributed by atoms with Gasteiger partial charge in [0.1, 0.15) is 29.3 Å². The van der Waals surface area contributed by atoms with Gasteiger partial charge in [0, 0.05) is 34.2 Å². The van der Waals surface area contributed by atoms with E-state index in [0.29, 0.717) is 6.07 Å². The number of hydrogen-bond donors (Lipinski definition) is 3. The molecule has 0 aliphatic carbocycles. The molecule has 0 aliphatic heterocycles. The van der Waals surface area contributed by atoms with Crippen LogP contribution in [0.4, 0.5) is 23.2 Å². The van der Waals surface area contributed by atoms with Gasteiger partial charge in [-0.1, -0.05) is 23.3 Å². The first kappa shape index (κ1) is 26.7. The van der Waals surface area contributed by atoms with Crippen molar-refractivity contribution >= 4 is 11.6 Å². The second-order valence-corrected chi connectivity index (χ2v) is 8.12. The number of aliphatic hydroxyl groups excluding tert-OH is 1. The average molecular weight is 501 g/mol. The lowest BCUT2D eigenvalue weighted by atomic mass is 9.84. The molecule has 0 heterocycles. The first-order valence-electron chi connectivity index (χ1n) is 10.9. The third-order valence-electron chi connectivity index (χ3n) is 5.61. The van der Waals surface area contributed by atoms with Gasteiger partial charge in [-0.05, 0) is 65.9 Å². The molecule has 3 rings (SSSR count). The van der Waals surface area contributed by atoms with Gasteiger partial charge >= 0.3 is 0 Å². The van der Waals surface area contributed by atoms with E-state index >= 15 is 0 Å². The predicted molar refractivity (Wildman–Crippen MR) is 126 cm³/mol. The summed E-state index contributed by atoms with van der Waals surface area (Å²) in [6.07, 6.45) is 0.313. The predicted octanol–water partition coefficient (Wildman–Crippen LogP) is 4.94. The third-order valence-corrected chi connectivity index (χ3v) is 5.61. The average Bonchev–Trinajstić information content (AvgIpc) is 2.83. The largest absolute Gasteiger partial charge is 0.395 e. The van der Waals surface area contributed by atoms with Crippen molar-refractivity contribution in [2.45, 2.75) is 30.8 Å². The maximum absolute atomic E-state index is 14.6. The Morgan fingerprint density at radius 3 is 2.28 bits per heavy atom. The summed E-state index contributed by atoms with van der Waals surface area (Å²) in [5.74, 6) is -5.15. The molecule has 0 spiro atoms. The van der Waals surface area contributed by atoms with Gasteiger partial charge in [-0.3, -0.25) is 4.79 Å². The number of aliphatic hydroxyl groups is 1. The van der Waals surface area contributed by atoms with E-state index in [-0.39, 0.29) is 41.8 Å². The lowest BCUT2D eigenvalue weighted by Gasteiger charge is -2.25. The van der Waals surface area contributed by atoms with Crippen LogP contribution in [0.5, 0.6) is 0 Å². The molecule has 4 N–H and O–H groups in total. The summed E-state index contributed by atoms with van der Waals surface area (Å²) in [5, 5.41) is 15.3. The highest BCUT2D eigenvalue weighted by Crippen LogP contribution is 2.33. The smallest absolute Gasteiger partial charge is 0.234 e. The Morgan fingerprint density at radius 1 is 1.00 bits per heavy atom. The number of rotatable bonds is 10. The highest BCUT2D eigenvalue weighted by Gasteiger charge is 2.32. The van der Waals surface area contributed by atoms with E-state index in [0.717, 1.165) is 24.3 Å². The van der Waals surface area contributed by atoms with Crippen LogP contribution in [0.25, 0.3) is 10.4 Å². The second-order valence-electron chi connectivity index (χ2n) is 8.12. The normalized spacial score (nSPS) is 13.4. The maximum atomic E-state index is 14.6. The molecule has 0 aromatic heterocycles. The summed E-state index contributed by atoms with van der Waals surface area (Å²) in [4.78, 5) is 16.1. The lowest BCUT2D eigenvalue weighted by molar-refractivity contribution is -0.117. The number of azide groups is 1. The van der Waals surface area contributed by atoms with Crippen molar-refractivity contribution in [3.8, 4) is 0 Å². The van der Waals surface area contributed by atoms with Gasteiger partial charge in [-0.2, -0.15) is 0 Å². The summed E-state index contributed by atoms with van der Waals surface area (Å²) in [5.41, 5.74) is 15.3. The number of benzene rings is 3. The maximum Gasteiger partial charge on any atom is 0.234 e. The molecule has 3 aromatic carbocycles.